The van der Waals surface area contributed by atoms with Crippen molar-refractivity contribution in [2.24, 2.45) is 7.05 Å². The Labute approximate surface area is 118 Å². The predicted molar refractivity (Wildman–Crippen MR) is 76.1 cm³/mol. The van der Waals surface area contributed by atoms with Crippen LogP contribution in [0.4, 0.5) is 0 Å². The second-order valence-corrected chi connectivity index (χ2v) is 4.35. The van der Waals surface area contributed by atoms with E-state index in [1.807, 2.05) is 25.2 Å². The van der Waals surface area contributed by atoms with Crippen molar-refractivity contribution in [2.45, 2.75) is 13.0 Å². The summed E-state index contributed by atoms with van der Waals surface area (Å²) < 4.78 is 12.7. The van der Waals surface area contributed by atoms with Gasteiger partial charge in [-0.3, -0.25) is 4.68 Å². The van der Waals surface area contributed by atoms with Crippen LogP contribution >= 0.6 is 0 Å². The summed E-state index contributed by atoms with van der Waals surface area (Å²) in [7, 11) is 5.18. The highest BCUT2D eigenvalue weighted by atomic mass is 16.5. The van der Waals surface area contributed by atoms with Crippen molar-refractivity contribution in [3.05, 3.63) is 35.7 Å². The third-order valence-electron chi connectivity index (χ3n) is 3.21. The minimum Gasteiger partial charge on any atom is -0.496 e. The second-order valence-electron chi connectivity index (χ2n) is 4.35. The van der Waals surface area contributed by atoms with E-state index in [1.165, 1.54) is 0 Å². The van der Waals surface area contributed by atoms with Gasteiger partial charge in [0.05, 0.1) is 37.7 Å². The normalized spacial score (nSPS) is 12.2. The molecule has 0 aliphatic heterocycles. The highest BCUT2D eigenvalue weighted by Gasteiger charge is 2.24. The third-order valence-corrected chi connectivity index (χ3v) is 3.21. The molecule has 0 radical (unpaired) electrons. The fraction of sp³-hybridized carbons (Fsp3) is 0.429. The largest absolute Gasteiger partial charge is 0.496 e. The molecule has 6 nitrogen and oxygen atoms in total. The van der Waals surface area contributed by atoms with Crippen molar-refractivity contribution in [3.63, 3.8) is 0 Å². The number of aryl methyl sites for hydroxylation is 1. The Balaban J connectivity index is 2.57. The molecule has 2 aromatic rings. The zero-order chi connectivity index (χ0) is 14.5. The highest BCUT2D eigenvalue weighted by molar-refractivity contribution is 5.49. The molecule has 0 saturated carbocycles. The van der Waals surface area contributed by atoms with Crippen LogP contribution in [0.5, 0.6) is 11.5 Å². The molecule has 0 spiro atoms. The van der Waals surface area contributed by atoms with Crippen LogP contribution in [0.2, 0.25) is 0 Å². The summed E-state index contributed by atoms with van der Waals surface area (Å²) in [6.07, 6.45) is 1.75. The van der Waals surface area contributed by atoms with E-state index in [9.17, 15) is 0 Å². The van der Waals surface area contributed by atoms with Crippen molar-refractivity contribution >= 4 is 0 Å². The van der Waals surface area contributed by atoms with Crippen LogP contribution in [0.1, 0.15) is 24.2 Å². The number of methoxy groups -OCH3 is 2. The zero-order valence-corrected chi connectivity index (χ0v) is 12.3. The van der Waals surface area contributed by atoms with Gasteiger partial charge in [0.25, 0.3) is 0 Å². The predicted octanol–water partition coefficient (Wildman–Crippen LogP) is 1.53. The van der Waals surface area contributed by atoms with E-state index in [-0.39, 0.29) is 6.04 Å². The first-order chi connectivity index (χ1) is 9.72. The minimum absolute atomic E-state index is 0.0916. The van der Waals surface area contributed by atoms with Gasteiger partial charge in [0.15, 0.2) is 0 Å². The van der Waals surface area contributed by atoms with Crippen molar-refractivity contribution in [3.8, 4) is 11.5 Å². The van der Waals surface area contributed by atoms with E-state index in [0.29, 0.717) is 0 Å². The number of nitrogens with zero attached hydrogens (tertiary/aromatic N) is 3. The van der Waals surface area contributed by atoms with E-state index in [1.54, 1.807) is 25.1 Å². The SMILES string of the molecule is CCNC(c1c(OC)cccc1OC)c1cnnn1C. The van der Waals surface area contributed by atoms with Crippen molar-refractivity contribution in [2.75, 3.05) is 20.8 Å². The molecular weight excluding hydrogens is 256 g/mol. The molecule has 20 heavy (non-hydrogen) atoms. The quantitative estimate of drug-likeness (QED) is 0.867. The molecule has 108 valence electrons. The Morgan fingerprint density at radius 1 is 1.25 bits per heavy atom. The smallest absolute Gasteiger partial charge is 0.127 e. The molecule has 1 aromatic heterocycles. The molecule has 0 saturated heterocycles. The average molecular weight is 276 g/mol. The van der Waals surface area contributed by atoms with Gasteiger partial charge in [0.1, 0.15) is 11.5 Å². The number of hydrogen-bond donors (Lipinski definition) is 1. The molecule has 6 heteroatoms. The lowest BCUT2D eigenvalue weighted by Gasteiger charge is -2.22. The van der Waals surface area contributed by atoms with Gasteiger partial charge in [0, 0.05) is 7.05 Å². The van der Waals surface area contributed by atoms with Crippen LogP contribution in [0.15, 0.2) is 24.4 Å². The topological polar surface area (TPSA) is 61.2 Å². The first-order valence-corrected chi connectivity index (χ1v) is 6.51. The van der Waals surface area contributed by atoms with Crippen molar-refractivity contribution in [1.29, 1.82) is 0 Å². The van der Waals surface area contributed by atoms with Gasteiger partial charge >= 0.3 is 0 Å². The Hall–Kier alpha value is -2.08. The van der Waals surface area contributed by atoms with E-state index in [0.717, 1.165) is 29.3 Å². The van der Waals surface area contributed by atoms with Gasteiger partial charge in [-0.2, -0.15) is 0 Å². The van der Waals surface area contributed by atoms with Crippen molar-refractivity contribution in [1.82, 2.24) is 20.3 Å². The maximum atomic E-state index is 5.48. The molecular formula is C14H20N4O2. The second kappa shape index (κ2) is 6.38. The summed E-state index contributed by atoms with van der Waals surface area (Å²) in [5.74, 6) is 1.55. The van der Waals surface area contributed by atoms with Crippen LogP contribution in [0.3, 0.4) is 0 Å². The Bertz CT molecular complexity index is 546. The summed E-state index contributed by atoms with van der Waals surface area (Å²) in [4.78, 5) is 0. The summed E-state index contributed by atoms with van der Waals surface area (Å²) >= 11 is 0. The molecule has 0 aliphatic rings. The summed E-state index contributed by atoms with van der Waals surface area (Å²) in [6.45, 7) is 2.86. The average Bonchev–Trinajstić information content (AvgIpc) is 2.90. The van der Waals surface area contributed by atoms with Gasteiger partial charge < -0.3 is 14.8 Å². The molecule has 1 heterocycles. The van der Waals surface area contributed by atoms with Crippen molar-refractivity contribution < 1.29 is 9.47 Å². The molecule has 1 N–H and O–H groups in total. The lowest BCUT2D eigenvalue weighted by molar-refractivity contribution is 0.375. The van der Waals surface area contributed by atoms with Crippen LogP contribution in [0.25, 0.3) is 0 Å². The van der Waals surface area contributed by atoms with E-state index in [2.05, 4.69) is 22.6 Å². The molecule has 0 amide bonds. The number of nitrogens with one attached hydrogen (secondary N) is 1. The Kier molecular flexibility index (Phi) is 4.57. The number of ether oxygens (including phenoxy) is 2. The van der Waals surface area contributed by atoms with Gasteiger partial charge in [0.2, 0.25) is 0 Å². The lowest BCUT2D eigenvalue weighted by atomic mass is 10.0. The number of aromatic nitrogens is 3. The van der Waals surface area contributed by atoms with Gasteiger partial charge in [-0.25, -0.2) is 0 Å². The number of hydrogen-bond acceptors (Lipinski definition) is 5. The molecule has 0 fully saturated rings. The number of benzene rings is 1. The first-order valence-electron chi connectivity index (χ1n) is 6.51. The van der Waals surface area contributed by atoms with Gasteiger partial charge in [-0.05, 0) is 18.7 Å². The van der Waals surface area contributed by atoms with Crippen LogP contribution in [-0.2, 0) is 7.05 Å². The first kappa shape index (κ1) is 14.3. The zero-order valence-electron chi connectivity index (χ0n) is 12.3. The fourth-order valence-electron chi connectivity index (χ4n) is 2.28. The minimum atomic E-state index is -0.0916. The van der Waals surface area contributed by atoms with E-state index < -0.39 is 0 Å². The molecule has 0 aliphatic carbocycles. The lowest BCUT2D eigenvalue weighted by Crippen LogP contribution is -2.25. The van der Waals surface area contributed by atoms with Gasteiger partial charge in [-0.15, -0.1) is 5.10 Å². The molecule has 1 unspecified atom stereocenters. The van der Waals surface area contributed by atoms with Crippen LogP contribution in [-0.4, -0.2) is 35.8 Å². The molecule has 1 aromatic carbocycles. The molecule has 2 rings (SSSR count). The van der Waals surface area contributed by atoms with Crippen LogP contribution < -0.4 is 14.8 Å². The summed E-state index contributed by atoms with van der Waals surface area (Å²) in [5, 5.41) is 11.4. The highest BCUT2D eigenvalue weighted by Crippen LogP contribution is 2.36. The summed E-state index contributed by atoms with van der Waals surface area (Å²) in [5.41, 5.74) is 1.90. The standard InChI is InChI=1S/C14H20N4O2/c1-5-15-14(10-9-16-17-18(10)2)13-11(19-3)7-6-8-12(13)20-4/h6-9,14-15H,5H2,1-4H3. The van der Waals surface area contributed by atoms with E-state index >= 15 is 0 Å². The number of rotatable bonds is 6. The molecule has 1 atom stereocenters. The maximum absolute atomic E-state index is 5.48. The molecule has 0 bridgehead atoms. The Morgan fingerprint density at radius 3 is 2.35 bits per heavy atom. The van der Waals surface area contributed by atoms with Crippen LogP contribution in [0, 0.1) is 0 Å². The fourth-order valence-corrected chi connectivity index (χ4v) is 2.28. The van der Waals surface area contributed by atoms with Gasteiger partial charge in [-0.1, -0.05) is 18.2 Å². The monoisotopic (exact) mass is 276 g/mol. The van der Waals surface area contributed by atoms with E-state index in [4.69, 9.17) is 9.47 Å². The Morgan fingerprint density at radius 2 is 1.90 bits per heavy atom. The third kappa shape index (κ3) is 2.60. The maximum Gasteiger partial charge on any atom is 0.127 e. The summed E-state index contributed by atoms with van der Waals surface area (Å²) in [6, 6.07) is 5.66.